The number of benzene rings is 2. The second-order valence-electron chi connectivity index (χ2n) is 3.92. The van der Waals surface area contributed by atoms with E-state index in [9.17, 15) is 4.79 Å². The fraction of sp³-hybridized carbons (Fsp3) is 0.0714. The van der Waals surface area contributed by atoms with Crippen LogP contribution in [0.2, 0.25) is 0 Å². The van der Waals surface area contributed by atoms with Crippen LogP contribution in [0.5, 0.6) is 5.75 Å². The summed E-state index contributed by atoms with van der Waals surface area (Å²) in [7, 11) is 1.55. The van der Waals surface area contributed by atoms with E-state index in [4.69, 9.17) is 4.74 Å². The number of anilines is 1. The van der Waals surface area contributed by atoms with Crippen LogP contribution in [0.15, 0.2) is 45.3 Å². The number of carbonyl (C=O) groups is 1. The second-order valence-corrected chi connectivity index (χ2v) is 6.92. The quantitative estimate of drug-likeness (QED) is 0.585. The van der Waals surface area contributed by atoms with Crippen LogP contribution >= 0.6 is 54.5 Å². The second kappa shape index (κ2) is 6.91. The highest BCUT2D eigenvalue weighted by molar-refractivity contribution is 14.1. The number of hydrogen-bond donors (Lipinski definition) is 1. The molecule has 0 saturated heterocycles. The third-order valence-corrected chi connectivity index (χ3v) is 4.46. The van der Waals surface area contributed by atoms with Crippen LogP contribution < -0.4 is 10.1 Å². The monoisotopic (exact) mass is 509 g/mol. The number of amides is 1. The van der Waals surface area contributed by atoms with Crippen molar-refractivity contribution in [2.75, 3.05) is 12.4 Å². The zero-order chi connectivity index (χ0) is 14.7. The van der Waals surface area contributed by atoms with Crippen molar-refractivity contribution < 1.29 is 9.53 Å². The molecule has 0 aromatic heterocycles. The Balaban J connectivity index is 2.30. The Hall–Kier alpha value is -0.600. The Kier molecular flexibility index (Phi) is 5.45. The number of ether oxygens (including phenoxy) is 1. The van der Waals surface area contributed by atoms with E-state index in [1.807, 2.05) is 24.3 Å². The maximum absolute atomic E-state index is 12.4. The topological polar surface area (TPSA) is 38.3 Å². The molecular formula is C14H10Br2INO2. The highest BCUT2D eigenvalue weighted by Gasteiger charge is 2.14. The van der Waals surface area contributed by atoms with Crippen molar-refractivity contribution in [1.29, 1.82) is 0 Å². The molecule has 0 unspecified atom stereocenters. The van der Waals surface area contributed by atoms with Crippen molar-refractivity contribution in [3.63, 3.8) is 0 Å². The number of halogens is 3. The van der Waals surface area contributed by atoms with Crippen molar-refractivity contribution >= 4 is 66.0 Å². The summed E-state index contributed by atoms with van der Waals surface area (Å²) in [6, 6.07) is 11.0. The zero-order valence-electron chi connectivity index (χ0n) is 10.4. The van der Waals surface area contributed by atoms with Crippen LogP contribution in [0.1, 0.15) is 10.4 Å². The first kappa shape index (κ1) is 15.8. The van der Waals surface area contributed by atoms with E-state index in [1.54, 1.807) is 19.2 Å². The highest BCUT2D eigenvalue weighted by atomic mass is 127. The molecule has 0 bridgehead atoms. The molecule has 6 heteroatoms. The molecule has 0 radical (unpaired) electrons. The van der Waals surface area contributed by atoms with Gasteiger partial charge in [-0.1, -0.05) is 31.9 Å². The molecule has 0 saturated carbocycles. The van der Waals surface area contributed by atoms with E-state index in [0.717, 1.165) is 18.2 Å². The Morgan fingerprint density at radius 3 is 2.45 bits per heavy atom. The van der Waals surface area contributed by atoms with Gasteiger partial charge < -0.3 is 10.1 Å². The maximum atomic E-state index is 12.4. The summed E-state index contributed by atoms with van der Waals surface area (Å²) in [6.07, 6.45) is 0. The normalized spacial score (nSPS) is 10.2. The first-order valence-corrected chi connectivity index (χ1v) is 8.27. The molecule has 3 nitrogen and oxygen atoms in total. The predicted molar refractivity (Wildman–Crippen MR) is 95.5 cm³/mol. The molecule has 104 valence electrons. The molecule has 0 aliphatic heterocycles. The van der Waals surface area contributed by atoms with Crippen molar-refractivity contribution in [3.05, 3.63) is 54.5 Å². The van der Waals surface area contributed by atoms with Gasteiger partial charge in [-0.25, -0.2) is 0 Å². The third-order valence-electron chi connectivity index (χ3n) is 2.59. The summed E-state index contributed by atoms with van der Waals surface area (Å²) in [4.78, 5) is 12.4. The van der Waals surface area contributed by atoms with Gasteiger partial charge in [-0.15, -0.1) is 0 Å². The Bertz CT molecular complexity index is 662. The van der Waals surface area contributed by atoms with Gasteiger partial charge in [0, 0.05) is 12.5 Å². The minimum atomic E-state index is -0.205. The van der Waals surface area contributed by atoms with E-state index in [2.05, 4.69) is 59.8 Å². The first-order valence-electron chi connectivity index (χ1n) is 5.61. The van der Waals surface area contributed by atoms with Crippen molar-refractivity contribution in [2.45, 2.75) is 0 Å². The molecule has 1 N–H and O–H groups in total. The Morgan fingerprint density at radius 1 is 1.15 bits per heavy atom. The fourth-order valence-corrected chi connectivity index (χ4v) is 3.44. The van der Waals surface area contributed by atoms with Crippen LogP contribution in [0.25, 0.3) is 0 Å². The van der Waals surface area contributed by atoms with Gasteiger partial charge in [-0.3, -0.25) is 4.79 Å². The SMILES string of the molecule is COc1ccc(Br)cc1C(=O)Nc1ccc(Br)cc1I. The lowest BCUT2D eigenvalue weighted by molar-refractivity contribution is 0.102. The number of rotatable bonds is 3. The number of carbonyl (C=O) groups excluding carboxylic acids is 1. The molecule has 0 aliphatic carbocycles. The fourth-order valence-electron chi connectivity index (χ4n) is 1.64. The van der Waals surface area contributed by atoms with Crippen LogP contribution in [0.3, 0.4) is 0 Å². The number of nitrogens with one attached hydrogen (secondary N) is 1. The van der Waals surface area contributed by atoms with Crippen LogP contribution in [0.4, 0.5) is 5.69 Å². The lowest BCUT2D eigenvalue weighted by Gasteiger charge is -2.11. The average molecular weight is 511 g/mol. The lowest BCUT2D eigenvalue weighted by Crippen LogP contribution is -2.14. The number of hydrogen-bond acceptors (Lipinski definition) is 2. The molecule has 20 heavy (non-hydrogen) atoms. The third kappa shape index (κ3) is 3.73. The van der Waals surface area contributed by atoms with E-state index in [0.29, 0.717) is 11.3 Å². The molecule has 2 aromatic carbocycles. The summed E-state index contributed by atoms with van der Waals surface area (Å²) in [5.41, 5.74) is 1.25. The molecule has 1 amide bonds. The van der Waals surface area contributed by atoms with Crippen molar-refractivity contribution in [3.8, 4) is 5.75 Å². The largest absolute Gasteiger partial charge is 0.496 e. The first-order chi connectivity index (χ1) is 9.51. The van der Waals surface area contributed by atoms with Gasteiger partial charge in [0.15, 0.2) is 0 Å². The summed E-state index contributed by atoms with van der Waals surface area (Å²) in [5.74, 6) is 0.334. The van der Waals surface area contributed by atoms with Gasteiger partial charge >= 0.3 is 0 Å². The van der Waals surface area contributed by atoms with E-state index >= 15 is 0 Å². The standard InChI is InChI=1S/C14H10Br2INO2/c1-20-13-5-3-8(15)6-10(13)14(19)18-12-4-2-9(16)7-11(12)17/h2-7H,1H3,(H,18,19). The van der Waals surface area contributed by atoms with E-state index in [-0.39, 0.29) is 5.91 Å². The van der Waals surface area contributed by atoms with Gasteiger partial charge in [0.1, 0.15) is 5.75 Å². The molecule has 0 aliphatic rings. The summed E-state index contributed by atoms with van der Waals surface area (Å²) in [6.45, 7) is 0. The lowest BCUT2D eigenvalue weighted by atomic mass is 10.2. The van der Waals surface area contributed by atoms with Crippen LogP contribution in [0, 0.1) is 3.57 Å². The van der Waals surface area contributed by atoms with Crippen molar-refractivity contribution in [2.24, 2.45) is 0 Å². The number of methoxy groups -OCH3 is 1. The maximum Gasteiger partial charge on any atom is 0.259 e. The predicted octanol–water partition coefficient (Wildman–Crippen LogP) is 5.08. The molecular weight excluding hydrogens is 501 g/mol. The summed E-state index contributed by atoms with van der Waals surface area (Å²) < 4.78 is 7.98. The van der Waals surface area contributed by atoms with E-state index in [1.165, 1.54) is 0 Å². The zero-order valence-corrected chi connectivity index (χ0v) is 15.7. The smallest absolute Gasteiger partial charge is 0.259 e. The summed E-state index contributed by atoms with van der Waals surface area (Å²) >= 11 is 8.93. The minimum Gasteiger partial charge on any atom is -0.496 e. The Morgan fingerprint density at radius 2 is 1.80 bits per heavy atom. The molecule has 2 rings (SSSR count). The molecule has 0 fully saturated rings. The average Bonchev–Trinajstić information content (AvgIpc) is 2.41. The van der Waals surface area contributed by atoms with Crippen LogP contribution in [-0.2, 0) is 0 Å². The van der Waals surface area contributed by atoms with Gasteiger partial charge in [0.2, 0.25) is 0 Å². The molecule has 0 heterocycles. The van der Waals surface area contributed by atoms with Crippen molar-refractivity contribution in [1.82, 2.24) is 0 Å². The molecule has 0 atom stereocenters. The van der Waals surface area contributed by atoms with Gasteiger partial charge in [0.25, 0.3) is 5.91 Å². The van der Waals surface area contributed by atoms with E-state index < -0.39 is 0 Å². The molecule has 0 spiro atoms. The van der Waals surface area contributed by atoms with Crippen LogP contribution in [-0.4, -0.2) is 13.0 Å². The Labute approximate surface area is 147 Å². The minimum absolute atomic E-state index is 0.205. The summed E-state index contributed by atoms with van der Waals surface area (Å²) in [5, 5.41) is 2.89. The van der Waals surface area contributed by atoms with Gasteiger partial charge in [-0.05, 0) is 59.0 Å². The van der Waals surface area contributed by atoms with Gasteiger partial charge in [0.05, 0.1) is 18.4 Å². The highest BCUT2D eigenvalue weighted by Crippen LogP contribution is 2.26. The molecule has 2 aromatic rings. The van der Waals surface area contributed by atoms with Gasteiger partial charge in [-0.2, -0.15) is 0 Å².